The lowest BCUT2D eigenvalue weighted by atomic mass is 10.1. The molecule has 33 heavy (non-hydrogen) atoms. The summed E-state index contributed by atoms with van der Waals surface area (Å²) < 4.78 is 1.61. The molecule has 0 aliphatic rings. The number of hydrogen-bond donors (Lipinski definition) is 4. The number of nitriles is 1. The van der Waals surface area contributed by atoms with Gasteiger partial charge in [-0.05, 0) is 36.2 Å². The molecule has 2 aromatic heterocycles. The molecule has 0 saturated heterocycles. The molecule has 0 bridgehead atoms. The second-order valence-electron chi connectivity index (χ2n) is 7.33. The third kappa shape index (κ3) is 5.44. The van der Waals surface area contributed by atoms with Crippen LogP contribution in [-0.4, -0.2) is 39.1 Å². The van der Waals surface area contributed by atoms with Gasteiger partial charge in [-0.15, -0.1) is 0 Å². The number of fused-ring (bicyclic) bond motifs is 1. The van der Waals surface area contributed by atoms with Crippen molar-refractivity contribution < 1.29 is 9.90 Å². The molecule has 4 aromatic rings. The summed E-state index contributed by atoms with van der Waals surface area (Å²) in [7, 11) is 0. The average molecular weight is 441 g/mol. The summed E-state index contributed by atoms with van der Waals surface area (Å²) in [5, 5.41) is 31.9. The zero-order valence-corrected chi connectivity index (χ0v) is 17.8. The van der Waals surface area contributed by atoms with Crippen LogP contribution >= 0.6 is 0 Å². The number of rotatable bonds is 8. The highest BCUT2D eigenvalue weighted by Crippen LogP contribution is 2.24. The molecule has 0 saturated carbocycles. The molecule has 0 radical (unpaired) electrons. The van der Waals surface area contributed by atoms with Crippen LogP contribution in [0.5, 0.6) is 0 Å². The number of aliphatic hydroxyl groups excluding tert-OH is 1. The highest BCUT2D eigenvalue weighted by molar-refractivity contribution is 5.99. The number of carbonyl (C=O) groups is 1. The number of hydrogen-bond acceptors (Lipinski definition) is 6. The lowest BCUT2D eigenvalue weighted by Crippen LogP contribution is -2.19. The number of aliphatic hydroxyl groups is 1. The summed E-state index contributed by atoms with van der Waals surface area (Å²) >= 11 is 0. The van der Waals surface area contributed by atoms with Crippen molar-refractivity contribution in [2.75, 3.05) is 29.1 Å². The molecule has 0 spiro atoms. The Morgan fingerprint density at radius 1 is 1.06 bits per heavy atom. The average Bonchev–Trinajstić information content (AvgIpc) is 3.24. The number of nitrogens with one attached hydrogen (secondary N) is 3. The predicted molar refractivity (Wildman–Crippen MR) is 127 cm³/mol. The van der Waals surface area contributed by atoms with Crippen molar-refractivity contribution in [3.05, 3.63) is 78.1 Å². The van der Waals surface area contributed by atoms with E-state index in [1.165, 1.54) is 6.20 Å². The normalized spacial score (nSPS) is 10.5. The van der Waals surface area contributed by atoms with Crippen molar-refractivity contribution in [2.45, 2.75) is 13.0 Å². The van der Waals surface area contributed by atoms with Crippen LogP contribution in [0.4, 0.5) is 21.9 Å². The van der Waals surface area contributed by atoms with E-state index in [4.69, 9.17) is 5.11 Å². The molecule has 9 nitrogen and oxygen atoms in total. The highest BCUT2D eigenvalue weighted by Gasteiger charge is 2.12. The topological polar surface area (TPSA) is 128 Å². The Balaban J connectivity index is 1.36. The van der Waals surface area contributed by atoms with Crippen molar-refractivity contribution >= 4 is 34.1 Å². The molecule has 0 atom stereocenters. The number of para-hydroxylation sites is 1. The molecule has 9 heteroatoms. The second-order valence-corrected chi connectivity index (χ2v) is 7.33. The van der Waals surface area contributed by atoms with Gasteiger partial charge in [-0.2, -0.15) is 10.4 Å². The molecular formula is C24H23N7O2. The molecule has 4 N–H and O–H groups in total. The van der Waals surface area contributed by atoms with Gasteiger partial charge in [0.2, 0.25) is 0 Å². The van der Waals surface area contributed by atoms with Gasteiger partial charge in [0.05, 0.1) is 30.6 Å². The van der Waals surface area contributed by atoms with Gasteiger partial charge in [-0.1, -0.05) is 30.3 Å². The van der Waals surface area contributed by atoms with Crippen LogP contribution < -0.4 is 16.0 Å². The number of anilines is 3. The van der Waals surface area contributed by atoms with E-state index in [1.54, 1.807) is 10.9 Å². The van der Waals surface area contributed by atoms with Gasteiger partial charge in [0.1, 0.15) is 17.1 Å². The van der Waals surface area contributed by atoms with Crippen LogP contribution in [0.2, 0.25) is 0 Å². The Kier molecular flexibility index (Phi) is 6.78. The van der Waals surface area contributed by atoms with Crippen LogP contribution in [0.25, 0.3) is 11.0 Å². The zero-order valence-electron chi connectivity index (χ0n) is 17.8. The summed E-state index contributed by atoms with van der Waals surface area (Å²) in [4.78, 5) is 16.4. The molecule has 0 unspecified atom stereocenters. The fourth-order valence-corrected chi connectivity index (χ4v) is 3.39. The molecule has 0 fully saturated rings. The van der Waals surface area contributed by atoms with Gasteiger partial charge in [0, 0.05) is 24.1 Å². The molecule has 4 rings (SSSR count). The summed E-state index contributed by atoms with van der Waals surface area (Å²) in [5.41, 5.74) is 4.81. The van der Waals surface area contributed by atoms with Gasteiger partial charge in [-0.25, -0.2) is 4.79 Å². The number of benzene rings is 2. The van der Waals surface area contributed by atoms with E-state index in [0.29, 0.717) is 47.5 Å². The third-order valence-electron chi connectivity index (χ3n) is 4.99. The smallest absolute Gasteiger partial charge is 0.323 e. The first-order valence-corrected chi connectivity index (χ1v) is 10.5. The van der Waals surface area contributed by atoms with Gasteiger partial charge >= 0.3 is 6.03 Å². The van der Waals surface area contributed by atoms with Crippen molar-refractivity contribution in [3.8, 4) is 6.07 Å². The van der Waals surface area contributed by atoms with Gasteiger partial charge in [-0.3, -0.25) is 9.67 Å². The van der Waals surface area contributed by atoms with E-state index in [1.807, 2.05) is 54.6 Å². The second kappa shape index (κ2) is 10.3. The number of amides is 2. The van der Waals surface area contributed by atoms with Crippen LogP contribution in [0, 0.1) is 11.3 Å². The lowest BCUT2D eigenvalue weighted by molar-refractivity contribution is 0.262. The Morgan fingerprint density at radius 2 is 1.79 bits per heavy atom. The van der Waals surface area contributed by atoms with Crippen molar-refractivity contribution in [1.82, 2.24) is 14.8 Å². The maximum atomic E-state index is 12.1. The molecule has 0 aliphatic carbocycles. The number of urea groups is 1. The fourth-order valence-electron chi connectivity index (χ4n) is 3.39. The maximum Gasteiger partial charge on any atom is 0.323 e. The Labute approximate surface area is 190 Å². The molecule has 0 aliphatic heterocycles. The summed E-state index contributed by atoms with van der Waals surface area (Å²) in [6.07, 6.45) is 3.98. The van der Waals surface area contributed by atoms with Crippen LogP contribution in [-0.2, 0) is 13.0 Å². The van der Waals surface area contributed by atoms with E-state index in [9.17, 15) is 10.1 Å². The minimum absolute atomic E-state index is 0.0272. The number of aromatic nitrogens is 3. The number of nitrogens with zero attached hydrogens (tertiary/aromatic N) is 4. The molecule has 2 amide bonds. The standard InChI is InChI=1S/C24H23N7O2/c25-14-18-15-27-21-16-31(12-13-32)30-23(21)22(18)26-11-10-17-6-8-20(9-7-17)29-24(33)28-19-4-2-1-3-5-19/h1-9,15-16,26,32H,10-13H2,(H2,28,29,33). The summed E-state index contributed by atoms with van der Waals surface area (Å²) in [6, 6.07) is 18.7. The quantitative estimate of drug-likeness (QED) is 0.331. The number of pyridine rings is 1. The highest BCUT2D eigenvalue weighted by atomic mass is 16.3. The maximum absolute atomic E-state index is 12.1. The first-order chi connectivity index (χ1) is 16.2. The minimum Gasteiger partial charge on any atom is -0.394 e. The lowest BCUT2D eigenvalue weighted by Gasteiger charge is -2.10. The molecule has 166 valence electrons. The largest absolute Gasteiger partial charge is 0.394 e. The van der Waals surface area contributed by atoms with E-state index in [2.05, 4.69) is 32.1 Å². The van der Waals surface area contributed by atoms with E-state index in [-0.39, 0.29) is 12.6 Å². The van der Waals surface area contributed by atoms with Gasteiger partial charge in [0.15, 0.2) is 0 Å². The van der Waals surface area contributed by atoms with Crippen LogP contribution in [0.15, 0.2) is 67.0 Å². The SMILES string of the molecule is N#Cc1cnc2cn(CCO)nc2c1NCCc1ccc(NC(=O)Nc2ccccc2)cc1. The predicted octanol–water partition coefficient (Wildman–Crippen LogP) is 3.59. The molecule has 2 heterocycles. The molecule has 2 aromatic carbocycles. The van der Waals surface area contributed by atoms with Crippen LogP contribution in [0.1, 0.15) is 11.1 Å². The number of carbonyl (C=O) groups excluding carboxylic acids is 1. The first kappa shape index (κ1) is 21.8. The summed E-state index contributed by atoms with van der Waals surface area (Å²) in [6.45, 7) is 0.921. The Morgan fingerprint density at radius 3 is 2.48 bits per heavy atom. The van der Waals surface area contributed by atoms with E-state index in [0.717, 1.165) is 11.3 Å². The van der Waals surface area contributed by atoms with Gasteiger partial charge < -0.3 is 21.1 Å². The Bertz CT molecular complexity index is 1280. The van der Waals surface area contributed by atoms with Crippen molar-refractivity contribution in [3.63, 3.8) is 0 Å². The summed E-state index contributed by atoms with van der Waals surface area (Å²) in [5.74, 6) is 0. The zero-order chi connectivity index (χ0) is 23.0. The Hall–Kier alpha value is -4.42. The fraction of sp³-hybridized carbons (Fsp3) is 0.167. The van der Waals surface area contributed by atoms with Crippen LogP contribution in [0.3, 0.4) is 0 Å². The third-order valence-corrected chi connectivity index (χ3v) is 4.99. The van der Waals surface area contributed by atoms with E-state index < -0.39 is 0 Å². The van der Waals surface area contributed by atoms with Crippen molar-refractivity contribution in [1.29, 1.82) is 5.26 Å². The minimum atomic E-state index is -0.304. The van der Waals surface area contributed by atoms with Gasteiger partial charge in [0.25, 0.3) is 0 Å². The van der Waals surface area contributed by atoms with E-state index >= 15 is 0 Å². The monoisotopic (exact) mass is 441 g/mol. The van der Waals surface area contributed by atoms with Crippen molar-refractivity contribution in [2.24, 2.45) is 0 Å². The molecular weight excluding hydrogens is 418 g/mol. The first-order valence-electron chi connectivity index (χ1n) is 10.5.